The van der Waals surface area contributed by atoms with Crippen molar-refractivity contribution in [3.8, 4) is 0 Å². The second kappa shape index (κ2) is 16.4. The highest BCUT2D eigenvalue weighted by Crippen LogP contribution is 2.37. The van der Waals surface area contributed by atoms with Gasteiger partial charge in [-0.1, -0.05) is 33.8 Å². The molecule has 7 nitrogen and oxygen atoms in total. The molecule has 0 bridgehead atoms. The Balaban J connectivity index is 3.61. The van der Waals surface area contributed by atoms with Gasteiger partial charge in [0, 0.05) is 18.4 Å². The molecule has 0 aromatic heterocycles. The largest absolute Gasteiger partial charge is 0.379 e. The van der Waals surface area contributed by atoms with Crippen molar-refractivity contribution in [1.82, 2.24) is 5.32 Å². The van der Waals surface area contributed by atoms with Gasteiger partial charge in [0.2, 0.25) is 5.91 Å². The number of ether oxygens (including phenoxy) is 4. The summed E-state index contributed by atoms with van der Waals surface area (Å²) < 4.78 is 21.6. The van der Waals surface area contributed by atoms with Crippen molar-refractivity contribution < 1.29 is 28.5 Å². The van der Waals surface area contributed by atoms with E-state index in [1.165, 1.54) is 0 Å². The van der Waals surface area contributed by atoms with Crippen LogP contribution in [0, 0.1) is 10.8 Å². The Morgan fingerprint density at radius 3 is 1.77 bits per heavy atom. The number of ketones is 1. The molecule has 1 atom stereocenters. The van der Waals surface area contributed by atoms with E-state index in [0.29, 0.717) is 65.8 Å². The van der Waals surface area contributed by atoms with Crippen LogP contribution in [0.2, 0.25) is 0 Å². The first-order valence-corrected chi connectivity index (χ1v) is 10.9. The van der Waals surface area contributed by atoms with Crippen molar-refractivity contribution in [1.29, 1.82) is 0 Å². The van der Waals surface area contributed by atoms with Crippen LogP contribution in [0.25, 0.3) is 0 Å². The van der Waals surface area contributed by atoms with E-state index in [0.717, 1.165) is 12.8 Å². The number of hydrogen-bond donors (Lipinski definition) is 1. The standard InChI is InChI=1S/C23H43NO6/c1-7-22(4,5)19-23(6,8-2)21(26)24-10-12-28-14-16-30-18-17-29-15-13-27-11-9-20(3)25/h7H,1,8-19H2,2-6H3,(H,24,26). The summed E-state index contributed by atoms with van der Waals surface area (Å²) in [6.45, 7) is 17.9. The molecule has 0 saturated heterocycles. The quantitative estimate of drug-likeness (QED) is 0.236. The minimum atomic E-state index is -0.417. The number of rotatable bonds is 20. The number of carbonyl (C=O) groups excluding carboxylic acids is 2. The van der Waals surface area contributed by atoms with Crippen molar-refractivity contribution in [2.45, 2.75) is 53.9 Å². The topological polar surface area (TPSA) is 83.1 Å². The third-order valence-electron chi connectivity index (χ3n) is 4.97. The molecule has 30 heavy (non-hydrogen) atoms. The predicted octanol–water partition coefficient (Wildman–Crippen LogP) is 3.17. The minimum Gasteiger partial charge on any atom is -0.379 e. The first kappa shape index (κ1) is 28.7. The summed E-state index contributed by atoms with van der Waals surface area (Å²) in [5, 5.41) is 2.98. The van der Waals surface area contributed by atoms with Gasteiger partial charge in [-0.15, -0.1) is 6.58 Å². The van der Waals surface area contributed by atoms with Crippen molar-refractivity contribution in [3.63, 3.8) is 0 Å². The Morgan fingerprint density at radius 2 is 1.33 bits per heavy atom. The maximum atomic E-state index is 12.6. The summed E-state index contributed by atoms with van der Waals surface area (Å²) in [6, 6.07) is 0. The van der Waals surface area contributed by atoms with Crippen molar-refractivity contribution in [3.05, 3.63) is 12.7 Å². The molecule has 0 aliphatic heterocycles. The lowest BCUT2D eigenvalue weighted by Gasteiger charge is -2.34. The summed E-state index contributed by atoms with van der Waals surface area (Å²) in [4.78, 5) is 23.3. The highest BCUT2D eigenvalue weighted by Gasteiger charge is 2.35. The number of Topliss-reactive ketones (excluding diaryl/α,β-unsaturated/α-hetero) is 1. The summed E-state index contributed by atoms with van der Waals surface area (Å²) in [5.41, 5.74) is -0.499. The van der Waals surface area contributed by atoms with E-state index in [1.54, 1.807) is 6.92 Å². The number of amides is 1. The molecule has 7 heteroatoms. The van der Waals surface area contributed by atoms with E-state index in [1.807, 2.05) is 19.9 Å². The maximum absolute atomic E-state index is 12.6. The summed E-state index contributed by atoms with van der Waals surface area (Å²) in [5.74, 6) is 0.183. The fourth-order valence-corrected chi connectivity index (χ4v) is 2.87. The molecule has 0 aliphatic carbocycles. The van der Waals surface area contributed by atoms with Crippen molar-refractivity contribution in [2.75, 3.05) is 59.4 Å². The number of allylic oxidation sites excluding steroid dienone is 1. The molecule has 1 N–H and O–H groups in total. The van der Waals surface area contributed by atoms with Gasteiger partial charge in [-0.05, 0) is 25.2 Å². The number of nitrogens with one attached hydrogen (secondary N) is 1. The van der Waals surface area contributed by atoms with E-state index in [-0.39, 0.29) is 17.1 Å². The van der Waals surface area contributed by atoms with Gasteiger partial charge >= 0.3 is 0 Å². The predicted molar refractivity (Wildman–Crippen MR) is 119 cm³/mol. The molecular formula is C23H43NO6. The van der Waals surface area contributed by atoms with Crippen LogP contribution in [0.4, 0.5) is 0 Å². The second-order valence-corrected chi connectivity index (χ2v) is 8.44. The first-order chi connectivity index (χ1) is 14.2. The van der Waals surface area contributed by atoms with Gasteiger partial charge in [-0.3, -0.25) is 9.59 Å². The smallest absolute Gasteiger partial charge is 0.226 e. The van der Waals surface area contributed by atoms with Crippen LogP contribution in [0.15, 0.2) is 12.7 Å². The molecule has 1 amide bonds. The van der Waals surface area contributed by atoms with E-state index in [9.17, 15) is 9.59 Å². The lowest BCUT2D eigenvalue weighted by atomic mass is 9.72. The Kier molecular flexibility index (Phi) is 15.7. The summed E-state index contributed by atoms with van der Waals surface area (Å²) in [7, 11) is 0. The molecular weight excluding hydrogens is 386 g/mol. The molecule has 0 aromatic rings. The molecule has 1 unspecified atom stereocenters. The maximum Gasteiger partial charge on any atom is 0.226 e. The van der Waals surface area contributed by atoms with E-state index >= 15 is 0 Å². The Labute approximate surface area is 182 Å². The highest BCUT2D eigenvalue weighted by molar-refractivity contribution is 5.82. The SMILES string of the molecule is C=CC(C)(C)CC(C)(CC)C(=O)NCCOCCOCCOCCOCCC(C)=O. The van der Waals surface area contributed by atoms with Crippen molar-refractivity contribution >= 4 is 11.7 Å². The molecule has 0 fully saturated rings. The monoisotopic (exact) mass is 429 g/mol. The average Bonchev–Trinajstić information content (AvgIpc) is 2.70. The van der Waals surface area contributed by atoms with Gasteiger partial charge in [0.25, 0.3) is 0 Å². The molecule has 0 rings (SSSR count). The van der Waals surface area contributed by atoms with E-state index in [4.69, 9.17) is 18.9 Å². The number of hydrogen-bond acceptors (Lipinski definition) is 6. The van der Waals surface area contributed by atoms with Crippen LogP contribution in [0.1, 0.15) is 53.9 Å². The zero-order valence-electron chi connectivity index (χ0n) is 19.7. The molecule has 0 aliphatic rings. The zero-order chi connectivity index (χ0) is 22.9. The molecule has 0 radical (unpaired) electrons. The Morgan fingerprint density at radius 1 is 0.867 bits per heavy atom. The zero-order valence-corrected chi connectivity index (χ0v) is 19.7. The minimum absolute atomic E-state index is 0.0576. The fraction of sp³-hybridized carbons (Fsp3) is 0.826. The lowest BCUT2D eigenvalue weighted by molar-refractivity contribution is -0.132. The first-order valence-electron chi connectivity index (χ1n) is 10.9. The van der Waals surface area contributed by atoms with E-state index < -0.39 is 5.41 Å². The van der Waals surface area contributed by atoms with E-state index in [2.05, 4.69) is 25.7 Å². The van der Waals surface area contributed by atoms with Crippen LogP contribution in [0.5, 0.6) is 0 Å². The van der Waals surface area contributed by atoms with Gasteiger partial charge < -0.3 is 24.3 Å². The molecule has 0 saturated carbocycles. The van der Waals surface area contributed by atoms with Crippen LogP contribution in [0.3, 0.4) is 0 Å². The average molecular weight is 430 g/mol. The van der Waals surface area contributed by atoms with Crippen LogP contribution < -0.4 is 5.32 Å². The Hall–Kier alpha value is -1.28. The van der Waals surface area contributed by atoms with Crippen LogP contribution >= 0.6 is 0 Å². The Bertz CT molecular complexity index is 494. The second-order valence-electron chi connectivity index (χ2n) is 8.44. The fourth-order valence-electron chi connectivity index (χ4n) is 2.87. The molecule has 0 spiro atoms. The van der Waals surface area contributed by atoms with Crippen LogP contribution in [-0.4, -0.2) is 71.1 Å². The van der Waals surface area contributed by atoms with Gasteiger partial charge in [-0.25, -0.2) is 0 Å². The van der Waals surface area contributed by atoms with Gasteiger partial charge in [0.15, 0.2) is 0 Å². The third-order valence-corrected chi connectivity index (χ3v) is 4.97. The lowest BCUT2D eigenvalue weighted by Crippen LogP contribution is -2.42. The highest BCUT2D eigenvalue weighted by atomic mass is 16.6. The number of carbonyl (C=O) groups is 2. The van der Waals surface area contributed by atoms with Gasteiger partial charge in [-0.2, -0.15) is 0 Å². The van der Waals surface area contributed by atoms with Gasteiger partial charge in [0.1, 0.15) is 5.78 Å². The summed E-state index contributed by atoms with van der Waals surface area (Å²) >= 11 is 0. The van der Waals surface area contributed by atoms with Crippen LogP contribution in [-0.2, 0) is 28.5 Å². The van der Waals surface area contributed by atoms with Gasteiger partial charge in [0.05, 0.1) is 52.9 Å². The van der Waals surface area contributed by atoms with Crippen molar-refractivity contribution in [2.24, 2.45) is 10.8 Å². The third kappa shape index (κ3) is 14.7. The normalized spacial score (nSPS) is 13.6. The summed E-state index contributed by atoms with van der Waals surface area (Å²) in [6.07, 6.45) is 3.88. The molecule has 0 aromatic carbocycles. The molecule has 0 heterocycles. The molecule has 176 valence electrons.